The normalized spacial score (nSPS) is 12.7. The summed E-state index contributed by atoms with van der Waals surface area (Å²) in [6.07, 6.45) is -4.08. The van der Waals surface area contributed by atoms with Crippen molar-refractivity contribution < 1.29 is 29.5 Å². The summed E-state index contributed by atoms with van der Waals surface area (Å²) in [5.74, 6) is 1.37. The molecular formula is C48H45N3O9. The van der Waals surface area contributed by atoms with Crippen LogP contribution in [0.25, 0.3) is 33.4 Å². The van der Waals surface area contributed by atoms with Gasteiger partial charge in [0.1, 0.15) is 55.4 Å². The molecule has 0 radical (unpaired) electrons. The van der Waals surface area contributed by atoms with Crippen LogP contribution < -0.4 is 31.3 Å². The molecule has 306 valence electrons. The Morgan fingerprint density at radius 2 is 0.550 bits per heavy atom. The van der Waals surface area contributed by atoms with Crippen molar-refractivity contribution in [3.63, 3.8) is 0 Å². The lowest BCUT2D eigenvalue weighted by molar-refractivity contribution is 0.0749. The van der Waals surface area contributed by atoms with E-state index in [4.69, 9.17) is 14.2 Å². The molecule has 6 aromatic carbocycles. The third-order valence-corrected chi connectivity index (χ3v) is 9.78. The fourth-order valence-electron chi connectivity index (χ4n) is 6.64. The molecule has 3 unspecified atom stereocenters. The van der Waals surface area contributed by atoms with Gasteiger partial charge in [-0.05, 0) is 69.8 Å². The molecule has 0 saturated carbocycles. The van der Waals surface area contributed by atoms with Gasteiger partial charge in [0.05, 0.1) is 19.6 Å². The largest absolute Gasteiger partial charge is 0.491 e. The van der Waals surface area contributed by atoms with E-state index in [1.54, 1.807) is 36.4 Å². The fraction of sp³-hybridized carbons (Fsp3) is 0.188. The Morgan fingerprint density at radius 1 is 0.333 bits per heavy atom. The van der Waals surface area contributed by atoms with Gasteiger partial charge in [0, 0.05) is 0 Å². The van der Waals surface area contributed by atoms with Gasteiger partial charge in [-0.25, -0.2) is 28.1 Å². The molecule has 0 aliphatic carbocycles. The van der Waals surface area contributed by atoms with E-state index in [-0.39, 0.29) is 19.8 Å². The highest BCUT2D eigenvalue weighted by Gasteiger charge is 2.22. The van der Waals surface area contributed by atoms with E-state index in [1.807, 2.05) is 127 Å². The highest BCUT2D eigenvalue weighted by Crippen LogP contribution is 2.24. The van der Waals surface area contributed by atoms with Crippen LogP contribution in [0.15, 0.2) is 178 Å². The van der Waals surface area contributed by atoms with Crippen molar-refractivity contribution in [2.45, 2.75) is 37.9 Å². The summed E-state index contributed by atoms with van der Waals surface area (Å²) in [6.45, 7) is -2.47. The van der Waals surface area contributed by atoms with Crippen molar-refractivity contribution in [1.82, 2.24) is 13.7 Å². The van der Waals surface area contributed by atoms with Crippen molar-refractivity contribution in [3.05, 3.63) is 195 Å². The summed E-state index contributed by atoms with van der Waals surface area (Å²) < 4.78 is 19.4. The minimum atomic E-state index is -1.36. The van der Waals surface area contributed by atoms with Crippen molar-refractivity contribution >= 4 is 0 Å². The van der Waals surface area contributed by atoms with E-state index < -0.39 is 55.0 Å². The molecule has 12 nitrogen and oxygen atoms in total. The molecule has 3 atom stereocenters. The van der Waals surface area contributed by atoms with E-state index in [0.717, 1.165) is 33.4 Å². The summed E-state index contributed by atoms with van der Waals surface area (Å²) in [4.78, 5) is 41.3. The highest BCUT2D eigenvalue weighted by molar-refractivity contribution is 5.65. The minimum Gasteiger partial charge on any atom is -0.491 e. The number of aliphatic hydroxyl groups excluding tert-OH is 3. The van der Waals surface area contributed by atoms with Gasteiger partial charge in [-0.2, -0.15) is 0 Å². The zero-order chi connectivity index (χ0) is 41.8. The van der Waals surface area contributed by atoms with Crippen LogP contribution in [-0.4, -0.2) is 67.2 Å². The van der Waals surface area contributed by atoms with Gasteiger partial charge < -0.3 is 29.5 Å². The van der Waals surface area contributed by atoms with E-state index in [2.05, 4.69) is 0 Å². The number of nitrogens with zero attached hydrogens (tertiary/aromatic N) is 3. The van der Waals surface area contributed by atoms with Crippen molar-refractivity contribution in [2.24, 2.45) is 0 Å². The van der Waals surface area contributed by atoms with Crippen LogP contribution >= 0.6 is 0 Å². The van der Waals surface area contributed by atoms with E-state index in [9.17, 15) is 29.7 Å². The molecule has 1 heterocycles. The number of aromatic nitrogens is 3. The van der Waals surface area contributed by atoms with Crippen LogP contribution in [0.1, 0.15) is 0 Å². The molecular weight excluding hydrogens is 763 g/mol. The van der Waals surface area contributed by atoms with Gasteiger partial charge in [-0.1, -0.05) is 127 Å². The average molecular weight is 808 g/mol. The predicted molar refractivity (Wildman–Crippen MR) is 229 cm³/mol. The summed E-state index contributed by atoms with van der Waals surface area (Å²) in [7, 11) is 0. The second-order valence-electron chi connectivity index (χ2n) is 14.2. The molecule has 0 aliphatic rings. The Morgan fingerprint density at radius 3 is 0.783 bits per heavy atom. The van der Waals surface area contributed by atoms with Gasteiger partial charge in [0.25, 0.3) is 0 Å². The first kappa shape index (κ1) is 41.2. The number of benzene rings is 6. The number of hydrogen-bond donors (Lipinski definition) is 3. The average Bonchev–Trinajstić information content (AvgIpc) is 3.30. The van der Waals surface area contributed by atoms with Crippen LogP contribution in [0.2, 0.25) is 0 Å². The maximum absolute atomic E-state index is 13.8. The maximum atomic E-state index is 13.8. The van der Waals surface area contributed by atoms with Crippen LogP contribution in [0, 0.1) is 0 Å². The van der Waals surface area contributed by atoms with Gasteiger partial charge >= 0.3 is 17.1 Å². The molecule has 1 aromatic heterocycles. The van der Waals surface area contributed by atoms with Gasteiger partial charge in [0.2, 0.25) is 0 Å². The Kier molecular flexibility index (Phi) is 13.5. The quantitative estimate of drug-likeness (QED) is 0.102. The molecule has 0 amide bonds. The molecule has 0 bridgehead atoms. The topological polar surface area (TPSA) is 154 Å². The molecule has 12 heteroatoms. The molecule has 0 saturated heterocycles. The molecule has 0 aliphatic heterocycles. The Hall–Kier alpha value is -6.99. The van der Waals surface area contributed by atoms with E-state index in [1.165, 1.54) is 0 Å². The molecule has 3 N–H and O–H groups in total. The summed E-state index contributed by atoms with van der Waals surface area (Å²) in [6, 6.07) is 51.1. The fourth-order valence-corrected chi connectivity index (χ4v) is 6.64. The number of rotatable bonds is 18. The first-order valence-corrected chi connectivity index (χ1v) is 19.6. The van der Waals surface area contributed by atoms with E-state index in [0.29, 0.717) is 30.9 Å². The Labute approximate surface area is 346 Å². The van der Waals surface area contributed by atoms with Crippen LogP contribution in [0.4, 0.5) is 0 Å². The Bertz CT molecular complexity index is 2290. The molecule has 7 rings (SSSR count). The van der Waals surface area contributed by atoms with Crippen LogP contribution in [-0.2, 0) is 19.6 Å². The van der Waals surface area contributed by atoms with Crippen LogP contribution in [0.5, 0.6) is 17.2 Å². The molecule has 7 aromatic rings. The lowest BCUT2D eigenvalue weighted by atomic mass is 10.1. The lowest BCUT2D eigenvalue weighted by Gasteiger charge is -2.20. The maximum Gasteiger partial charge on any atom is 0.336 e. The van der Waals surface area contributed by atoms with Gasteiger partial charge in [-0.15, -0.1) is 0 Å². The third-order valence-electron chi connectivity index (χ3n) is 9.78. The van der Waals surface area contributed by atoms with Gasteiger partial charge in [0.15, 0.2) is 0 Å². The predicted octanol–water partition coefficient (Wildman–Crippen LogP) is 5.49. The summed E-state index contributed by atoms with van der Waals surface area (Å²) in [5.41, 5.74) is 2.84. The SMILES string of the molecule is O=c1n(CC(O)COc2ccc(-c3ccccc3)cc2)c(=O)n(CC(O)COc2ccc(-c3ccccc3)cc2)c(=O)n1CC(O)COc1ccc(-c2ccccc2)cc1. The monoisotopic (exact) mass is 807 g/mol. The number of ether oxygens (including phenoxy) is 3. The molecule has 0 fully saturated rings. The minimum absolute atomic E-state index is 0.283. The third kappa shape index (κ3) is 10.5. The lowest BCUT2D eigenvalue weighted by Crippen LogP contribution is -2.57. The van der Waals surface area contributed by atoms with Gasteiger partial charge in [-0.3, -0.25) is 0 Å². The highest BCUT2D eigenvalue weighted by atomic mass is 16.5. The first-order valence-electron chi connectivity index (χ1n) is 19.6. The first-order chi connectivity index (χ1) is 29.2. The number of hydrogen-bond acceptors (Lipinski definition) is 9. The zero-order valence-corrected chi connectivity index (χ0v) is 32.7. The second-order valence-corrected chi connectivity index (χ2v) is 14.2. The van der Waals surface area contributed by atoms with E-state index >= 15 is 0 Å². The van der Waals surface area contributed by atoms with Crippen molar-refractivity contribution in [1.29, 1.82) is 0 Å². The molecule has 0 spiro atoms. The smallest absolute Gasteiger partial charge is 0.336 e. The standard InChI is InChI=1S/C48H45N3O9/c52-40(31-58-43-22-16-37(17-23-43)34-10-4-1-5-11-34)28-49-46(55)50(29-41(53)32-59-44-24-18-38(19-25-44)35-12-6-2-7-13-35)48(57)51(47(49)56)30-42(54)33-60-45-26-20-39(21-27-45)36-14-8-3-9-15-36/h1-27,40-42,52-54H,28-33H2. The van der Waals surface area contributed by atoms with Crippen molar-refractivity contribution in [2.75, 3.05) is 19.8 Å². The van der Waals surface area contributed by atoms with Crippen molar-refractivity contribution in [3.8, 4) is 50.6 Å². The van der Waals surface area contributed by atoms with Crippen LogP contribution in [0.3, 0.4) is 0 Å². The second kappa shape index (κ2) is 19.6. The molecule has 60 heavy (non-hydrogen) atoms. The zero-order valence-electron chi connectivity index (χ0n) is 32.7. The summed E-state index contributed by atoms with van der Waals surface area (Å²) >= 11 is 0. The Balaban J connectivity index is 1.05. The summed E-state index contributed by atoms with van der Waals surface area (Å²) in [5, 5.41) is 33.0. The number of aliphatic hydroxyl groups is 3.